The zero-order valence-electron chi connectivity index (χ0n) is 10.1. The lowest BCUT2D eigenvalue weighted by molar-refractivity contribution is -0.121. The minimum Gasteiger partial charge on any atom is -0.353 e. The van der Waals surface area contributed by atoms with Crippen LogP contribution in [0.15, 0.2) is 15.9 Å². The number of amides is 1. The highest BCUT2D eigenvalue weighted by atomic mass is 79.9. The van der Waals surface area contributed by atoms with E-state index in [9.17, 15) is 4.79 Å². The van der Waals surface area contributed by atoms with E-state index in [0.29, 0.717) is 12.5 Å². The van der Waals surface area contributed by atoms with Crippen LogP contribution in [-0.4, -0.2) is 25.0 Å². The molecule has 1 saturated heterocycles. The molecular weight excluding hydrogens is 336 g/mol. The molecule has 1 aromatic rings. The van der Waals surface area contributed by atoms with Gasteiger partial charge in [0.05, 0.1) is 0 Å². The molecule has 0 saturated carbocycles. The molecule has 0 spiro atoms. The highest BCUT2D eigenvalue weighted by Gasteiger charge is 2.15. The predicted molar refractivity (Wildman–Crippen MR) is 81.6 cm³/mol. The largest absolute Gasteiger partial charge is 0.353 e. The van der Waals surface area contributed by atoms with E-state index in [-0.39, 0.29) is 18.3 Å². The number of halogens is 2. The second-order valence-corrected chi connectivity index (χ2v) is 6.23. The highest BCUT2D eigenvalue weighted by molar-refractivity contribution is 9.10. The van der Waals surface area contributed by atoms with E-state index >= 15 is 0 Å². The minimum absolute atomic E-state index is 0. The first-order valence-corrected chi connectivity index (χ1v) is 7.64. The molecular formula is C12H18BrClN2OS. The summed E-state index contributed by atoms with van der Waals surface area (Å²) in [5.74, 6) is 0.182. The monoisotopic (exact) mass is 352 g/mol. The lowest BCUT2D eigenvalue weighted by atomic mass is 10.1. The first-order chi connectivity index (χ1) is 8.24. The zero-order chi connectivity index (χ0) is 12.1. The van der Waals surface area contributed by atoms with Crippen molar-refractivity contribution in [2.45, 2.75) is 31.7 Å². The lowest BCUT2D eigenvalue weighted by Gasteiger charge is -2.23. The molecule has 0 unspecified atom stereocenters. The maximum Gasteiger partial charge on any atom is 0.220 e. The molecule has 0 atom stereocenters. The fourth-order valence-electron chi connectivity index (χ4n) is 1.99. The topological polar surface area (TPSA) is 41.1 Å². The average molecular weight is 354 g/mol. The van der Waals surface area contributed by atoms with Gasteiger partial charge in [0.15, 0.2) is 0 Å². The SMILES string of the molecule is Cl.O=C(CCc1cc(Br)cs1)NC1CCNCC1. The van der Waals surface area contributed by atoms with Crippen LogP contribution in [0.1, 0.15) is 24.1 Å². The number of thiophene rings is 1. The number of hydrogen-bond acceptors (Lipinski definition) is 3. The van der Waals surface area contributed by atoms with Crippen molar-refractivity contribution in [1.82, 2.24) is 10.6 Å². The summed E-state index contributed by atoms with van der Waals surface area (Å²) in [6.45, 7) is 2.03. The second-order valence-electron chi connectivity index (χ2n) is 4.32. The fourth-order valence-corrected chi connectivity index (χ4v) is 3.44. The van der Waals surface area contributed by atoms with Gasteiger partial charge in [0.2, 0.25) is 5.91 Å². The van der Waals surface area contributed by atoms with E-state index in [1.165, 1.54) is 4.88 Å². The van der Waals surface area contributed by atoms with Gasteiger partial charge in [-0.15, -0.1) is 23.7 Å². The van der Waals surface area contributed by atoms with Gasteiger partial charge in [0.1, 0.15) is 0 Å². The Morgan fingerprint density at radius 3 is 2.83 bits per heavy atom. The van der Waals surface area contributed by atoms with Crippen LogP contribution in [-0.2, 0) is 11.2 Å². The maximum absolute atomic E-state index is 11.8. The summed E-state index contributed by atoms with van der Waals surface area (Å²) >= 11 is 5.12. The van der Waals surface area contributed by atoms with Crippen LogP contribution >= 0.6 is 39.7 Å². The Bertz CT molecular complexity index is 380. The Morgan fingerprint density at radius 2 is 2.22 bits per heavy atom. The van der Waals surface area contributed by atoms with Gasteiger partial charge >= 0.3 is 0 Å². The molecule has 0 aromatic carbocycles. The first-order valence-electron chi connectivity index (χ1n) is 5.97. The van der Waals surface area contributed by atoms with Crippen LogP contribution in [0.4, 0.5) is 0 Å². The van der Waals surface area contributed by atoms with E-state index in [2.05, 4.69) is 38.0 Å². The Labute approximate surface area is 126 Å². The summed E-state index contributed by atoms with van der Waals surface area (Å²) in [4.78, 5) is 13.0. The molecule has 0 bridgehead atoms. The van der Waals surface area contributed by atoms with Gasteiger partial charge in [-0.05, 0) is 54.3 Å². The molecule has 1 amide bonds. The van der Waals surface area contributed by atoms with Gasteiger partial charge in [-0.3, -0.25) is 4.79 Å². The Balaban J connectivity index is 0.00000162. The van der Waals surface area contributed by atoms with Gasteiger partial charge in [-0.1, -0.05) is 0 Å². The molecule has 0 radical (unpaired) electrons. The number of nitrogens with one attached hydrogen (secondary N) is 2. The van der Waals surface area contributed by atoms with Gasteiger partial charge < -0.3 is 10.6 Å². The fraction of sp³-hybridized carbons (Fsp3) is 0.583. The van der Waals surface area contributed by atoms with E-state index < -0.39 is 0 Å². The summed E-state index contributed by atoms with van der Waals surface area (Å²) in [6, 6.07) is 2.46. The Kier molecular flexibility index (Phi) is 7.22. The number of piperidine rings is 1. The standard InChI is InChI=1S/C12H17BrN2OS.ClH/c13-9-7-11(17-8-9)1-2-12(16)15-10-3-5-14-6-4-10;/h7-8,10,14H,1-6H2,(H,15,16);1H. The summed E-state index contributed by atoms with van der Waals surface area (Å²) in [7, 11) is 0. The third kappa shape index (κ3) is 5.26. The van der Waals surface area contributed by atoms with Crippen molar-refractivity contribution in [2.24, 2.45) is 0 Å². The van der Waals surface area contributed by atoms with E-state index in [4.69, 9.17) is 0 Å². The number of carbonyl (C=O) groups excluding carboxylic acids is 1. The van der Waals surface area contributed by atoms with Crippen molar-refractivity contribution in [2.75, 3.05) is 13.1 Å². The Morgan fingerprint density at radius 1 is 1.50 bits per heavy atom. The second kappa shape index (κ2) is 8.15. The van der Waals surface area contributed by atoms with Crippen LogP contribution in [0.5, 0.6) is 0 Å². The maximum atomic E-state index is 11.8. The number of carbonyl (C=O) groups is 1. The molecule has 18 heavy (non-hydrogen) atoms. The van der Waals surface area contributed by atoms with Crippen molar-refractivity contribution >= 4 is 45.6 Å². The molecule has 1 aliphatic rings. The van der Waals surface area contributed by atoms with E-state index in [1.807, 2.05) is 0 Å². The van der Waals surface area contributed by atoms with Gasteiger partial charge in [0.25, 0.3) is 0 Å². The van der Waals surface area contributed by atoms with Gasteiger partial charge in [-0.25, -0.2) is 0 Å². The number of hydrogen-bond donors (Lipinski definition) is 2. The summed E-state index contributed by atoms with van der Waals surface area (Å²) < 4.78 is 1.11. The quantitative estimate of drug-likeness (QED) is 0.874. The van der Waals surface area contributed by atoms with Crippen molar-refractivity contribution in [1.29, 1.82) is 0 Å². The third-order valence-corrected chi connectivity index (χ3v) is 4.68. The van der Waals surface area contributed by atoms with E-state index in [0.717, 1.165) is 36.8 Å². The molecule has 2 rings (SSSR count). The lowest BCUT2D eigenvalue weighted by Crippen LogP contribution is -2.42. The van der Waals surface area contributed by atoms with Gasteiger partial charge in [0, 0.05) is 27.2 Å². The molecule has 1 fully saturated rings. The summed E-state index contributed by atoms with van der Waals surface area (Å²) in [5, 5.41) is 8.46. The number of aryl methyl sites for hydroxylation is 1. The van der Waals surface area contributed by atoms with Crippen LogP contribution in [0.25, 0.3) is 0 Å². The van der Waals surface area contributed by atoms with Crippen LogP contribution in [0.2, 0.25) is 0 Å². The molecule has 2 N–H and O–H groups in total. The molecule has 3 nitrogen and oxygen atoms in total. The summed E-state index contributed by atoms with van der Waals surface area (Å²) in [6.07, 6.45) is 3.54. The molecule has 1 aromatic heterocycles. The average Bonchev–Trinajstić information content (AvgIpc) is 2.74. The molecule has 0 aliphatic carbocycles. The normalized spacial score (nSPS) is 16.1. The van der Waals surface area contributed by atoms with Crippen molar-refractivity contribution in [3.05, 3.63) is 20.8 Å². The zero-order valence-corrected chi connectivity index (χ0v) is 13.3. The smallest absolute Gasteiger partial charge is 0.220 e. The van der Waals surface area contributed by atoms with Crippen molar-refractivity contribution in [3.63, 3.8) is 0 Å². The van der Waals surface area contributed by atoms with Gasteiger partial charge in [-0.2, -0.15) is 0 Å². The van der Waals surface area contributed by atoms with Crippen molar-refractivity contribution < 1.29 is 4.79 Å². The highest BCUT2D eigenvalue weighted by Crippen LogP contribution is 2.20. The van der Waals surface area contributed by atoms with Crippen LogP contribution in [0.3, 0.4) is 0 Å². The third-order valence-electron chi connectivity index (χ3n) is 2.92. The number of rotatable bonds is 4. The van der Waals surface area contributed by atoms with Crippen LogP contribution in [0, 0.1) is 0 Å². The molecule has 6 heteroatoms. The van der Waals surface area contributed by atoms with Crippen molar-refractivity contribution in [3.8, 4) is 0 Å². The molecule has 1 aliphatic heterocycles. The van der Waals surface area contributed by atoms with Crippen LogP contribution < -0.4 is 10.6 Å². The summed E-state index contributed by atoms with van der Waals surface area (Å²) in [5.41, 5.74) is 0. The predicted octanol–water partition coefficient (Wildman–Crippen LogP) is 2.73. The minimum atomic E-state index is 0. The molecule has 2 heterocycles. The first kappa shape index (κ1) is 16.0. The Hall–Kier alpha value is -0.100. The molecule has 102 valence electrons. The van der Waals surface area contributed by atoms with E-state index in [1.54, 1.807) is 11.3 Å².